The molecule has 1 fully saturated rings. The van der Waals surface area contributed by atoms with E-state index < -0.39 is 5.97 Å². The van der Waals surface area contributed by atoms with Crippen molar-refractivity contribution in [1.82, 2.24) is 4.90 Å². The van der Waals surface area contributed by atoms with Crippen LogP contribution >= 0.6 is 0 Å². The first-order chi connectivity index (χ1) is 7.15. The van der Waals surface area contributed by atoms with Crippen LogP contribution in [0.15, 0.2) is 0 Å². The van der Waals surface area contributed by atoms with Crippen LogP contribution in [0.3, 0.4) is 0 Å². The minimum Gasteiger partial charge on any atom is -0.481 e. The molecule has 1 aliphatic rings. The van der Waals surface area contributed by atoms with Crippen LogP contribution in [0.5, 0.6) is 0 Å². The van der Waals surface area contributed by atoms with Crippen molar-refractivity contribution in [2.45, 2.75) is 38.6 Å². The molecule has 1 rings (SSSR count). The molecule has 1 atom stereocenters. The minimum atomic E-state index is -0.782. The van der Waals surface area contributed by atoms with Gasteiger partial charge in [-0.2, -0.15) is 5.26 Å². The van der Waals surface area contributed by atoms with E-state index in [0.29, 0.717) is 19.1 Å². The number of aliphatic carboxylic acids is 1. The molecule has 0 aliphatic heterocycles. The maximum Gasteiger partial charge on any atom is 0.307 e. The Morgan fingerprint density at radius 1 is 1.60 bits per heavy atom. The van der Waals surface area contributed by atoms with Crippen molar-refractivity contribution < 1.29 is 9.90 Å². The fourth-order valence-corrected chi connectivity index (χ4v) is 2.13. The van der Waals surface area contributed by atoms with Gasteiger partial charge in [-0.15, -0.1) is 0 Å². The number of carboxylic acid groups (broad SMARTS) is 1. The molecule has 0 heterocycles. The van der Waals surface area contributed by atoms with Crippen LogP contribution in [0.1, 0.15) is 32.6 Å². The lowest BCUT2D eigenvalue weighted by molar-refractivity contribution is -0.141. The number of nitrogens with zero attached hydrogens (tertiary/aromatic N) is 2. The van der Waals surface area contributed by atoms with Crippen molar-refractivity contribution in [2.24, 2.45) is 5.92 Å². The second kappa shape index (κ2) is 5.72. The molecule has 0 radical (unpaired) electrons. The first kappa shape index (κ1) is 12.0. The molecule has 0 aromatic carbocycles. The maximum atomic E-state index is 10.7. The van der Waals surface area contributed by atoms with Crippen molar-refractivity contribution in [3.63, 3.8) is 0 Å². The van der Waals surface area contributed by atoms with Gasteiger partial charge in [0.2, 0.25) is 0 Å². The zero-order chi connectivity index (χ0) is 11.3. The zero-order valence-electron chi connectivity index (χ0n) is 9.15. The first-order valence-corrected chi connectivity index (χ1v) is 5.49. The van der Waals surface area contributed by atoms with E-state index in [-0.39, 0.29) is 5.92 Å². The Labute approximate surface area is 90.5 Å². The van der Waals surface area contributed by atoms with Gasteiger partial charge in [0.15, 0.2) is 0 Å². The molecule has 1 saturated carbocycles. The monoisotopic (exact) mass is 210 g/mol. The highest BCUT2D eigenvalue weighted by molar-refractivity contribution is 5.69. The number of carbonyl (C=O) groups is 1. The quantitative estimate of drug-likeness (QED) is 0.698. The average molecular weight is 210 g/mol. The summed E-state index contributed by atoms with van der Waals surface area (Å²) in [7, 11) is 0. The fourth-order valence-electron chi connectivity index (χ4n) is 2.13. The van der Waals surface area contributed by atoms with Crippen molar-refractivity contribution in [3.8, 4) is 6.07 Å². The molecule has 0 aromatic rings. The molecule has 0 amide bonds. The molecule has 4 nitrogen and oxygen atoms in total. The Hall–Kier alpha value is -1.08. The van der Waals surface area contributed by atoms with Gasteiger partial charge in [-0.1, -0.05) is 19.8 Å². The molecule has 0 saturated heterocycles. The van der Waals surface area contributed by atoms with Crippen LogP contribution in [0.2, 0.25) is 0 Å². The van der Waals surface area contributed by atoms with Crippen molar-refractivity contribution in [2.75, 3.05) is 13.1 Å². The third-order valence-electron chi connectivity index (χ3n) is 3.04. The summed E-state index contributed by atoms with van der Waals surface area (Å²) in [5, 5.41) is 17.5. The Morgan fingerprint density at radius 3 is 2.67 bits per heavy atom. The van der Waals surface area contributed by atoms with Gasteiger partial charge in [-0.05, 0) is 12.8 Å². The summed E-state index contributed by atoms with van der Waals surface area (Å²) in [5.41, 5.74) is 0. The number of hydrogen-bond acceptors (Lipinski definition) is 3. The SMILES string of the molecule is CC(CN(CC#N)C1CCCC1)C(=O)O. The highest BCUT2D eigenvalue weighted by Gasteiger charge is 2.25. The molecule has 1 unspecified atom stereocenters. The van der Waals surface area contributed by atoms with Crippen molar-refractivity contribution in [3.05, 3.63) is 0 Å². The minimum absolute atomic E-state index is 0.349. The summed E-state index contributed by atoms with van der Waals surface area (Å²) in [5.74, 6) is -1.17. The highest BCUT2D eigenvalue weighted by atomic mass is 16.4. The molecule has 0 spiro atoms. The smallest absolute Gasteiger partial charge is 0.307 e. The topological polar surface area (TPSA) is 64.3 Å². The summed E-state index contributed by atoms with van der Waals surface area (Å²) in [6.07, 6.45) is 4.62. The largest absolute Gasteiger partial charge is 0.481 e. The van der Waals surface area contributed by atoms with E-state index in [1.807, 2.05) is 4.90 Å². The molecule has 15 heavy (non-hydrogen) atoms. The Bertz CT molecular complexity index is 254. The molecule has 0 aromatic heterocycles. The van der Waals surface area contributed by atoms with E-state index in [0.717, 1.165) is 12.8 Å². The van der Waals surface area contributed by atoms with Gasteiger partial charge in [0.05, 0.1) is 18.5 Å². The molecular weight excluding hydrogens is 192 g/mol. The van der Waals surface area contributed by atoms with E-state index >= 15 is 0 Å². The zero-order valence-corrected chi connectivity index (χ0v) is 9.15. The van der Waals surface area contributed by atoms with E-state index in [1.165, 1.54) is 12.8 Å². The van der Waals surface area contributed by atoms with Crippen LogP contribution in [-0.2, 0) is 4.79 Å². The van der Waals surface area contributed by atoms with Crippen molar-refractivity contribution in [1.29, 1.82) is 5.26 Å². The van der Waals surface area contributed by atoms with Crippen LogP contribution in [0, 0.1) is 17.2 Å². The van der Waals surface area contributed by atoms with Crippen LogP contribution in [-0.4, -0.2) is 35.1 Å². The summed E-state index contributed by atoms with van der Waals surface area (Å²) >= 11 is 0. The predicted molar refractivity (Wildman–Crippen MR) is 56.2 cm³/mol. The van der Waals surface area contributed by atoms with Gasteiger partial charge in [-0.25, -0.2) is 0 Å². The average Bonchev–Trinajstić information content (AvgIpc) is 2.69. The van der Waals surface area contributed by atoms with Gasteiger partial charge < -0.3 is 5.11 Å². The van der Waals surface area contributed by atoms with Crippen molar-refractivity contribution >= 4 is 5.97 Å². The Morgan fingerprint density at radius 2 is 2.20 bits per heavy atom. The number of carboxylic acids is 1. The van der Waals surface area contributed by atoms with Gasteiger partial charge in [0.25, 0.3) is 0 Å². The number of hydrogen-bond donors (Lipinski definition) is 1. The number of nitriles is 1. The third-order valence-corrected chi connectivity index (χ3v) is 3.04. The van der Waals surface area contributed by atoms with E-state index in [9.17, 15) is 4.79 Å². The van der Waals surface area contributed by atoms with E-state index in [2.05, 4.69) is 6.07 Å². The van der Waals surface area contributed by atoms with Gasteiger partial charge in [-0.3, -0.25) is 9.69 Å². The summed E-state index contributed by atoms with van der Waals surface area (Å²) in [6.45, 7) is 2.54. The second-order valence-corrected chi connectivity index (χ2v) is 4.27. The highest BCUT2D eigenvalue weighted by Crippen LogP contribution is 2.23. The lowest BCUT2D eigenvalue weighted by atomic mass is 10.1. The Balaban J connectivity index is 2.50. The van der Waals surface area contributed by atoms with Crippen LogP contribution < -0.4 is 0 Å². The Kier molecular flexibility index (Phi) is 4.57. The molecule has 0 bridgehead atoms. The second-order valence-electron chi connectivity index (χ2n) is 4.27. The van der Waals surface area contributed by atoms with E-state index in [1.54, 1.807) is 6.92 Å². The van der Waals surface area contributed by atoms with Crippen LogP contribution in [0.4, 0.5) is 0 Å². The maximum absolute atomic E-state index is 10.7. The van der Waals surface area contributed by atoms with Crippen LogP contribution in [0.25, 0.3) is 0 Å². The molecule has 4 heteroatoms. The summed E-state index contributed by atoms with van der Waals surface area (Å²) in [4.78, 5) is 12.8. The summed E-state index contributed by atoms with van der Waals surface area (Å²) in [6, 6.07) is 2.54. The van der Waals surface area contributed by atoms with Gasteiger partial charge in [0.1, 0.15) is 0 Å². The normalized spacial score (nSPS) is 19.0. The molecule has 1 N–H and O–H groups in total. The summed E-state index contributed by atoms with van der Waals surface area (Å²) < 4.78 is 0. The predicted octanol–water partition coefficient (Wildman–Crippen LogP) is 1.48. The molecular formula is C11H18N2O2. The lowest BCUT2D eigenvalue weighted by Gasteiger charge is -2.27. The first-order valence-electron chi connectivity index (χ1n) is 5.49. The molecule has 1 aliphatic carbocycles. The fraction of sp³-hybridized carbons (Fsp3) is 0.818. The standard InChI is InChI=1S/C11H18N2O2/c1-9(11(14)15)8-13(7-6-12)10-4-2-3-5-10/h9-10H,2-5,7-8H2,1H3,(H,14,15). The number of rotatable bonds is 5. The van der Waals surface area contributed by atoms with Gasteiger partial charge >= 0.3 is 5.97 Å². The third kappa shape index (κ3) is 3.52. The lowest BCUT2D eigenvalue weighted by Crippen LogP contribution is -2.38. The molecule has 84 valence electrons. The van der Waals surface area contributed by atoms with E-state index in [4.69, 9.17) is 10.4 Å². The van der Waals surface area contributed by atoms with Gasteiger partial charge in [0, 0.05) is 12.6 Å².